The first kappa shape index (κ1) is 23.1. The Hall–Kier alpha value is -4.02. The van der Waals surface area contributed by atoms with Gasteiger partial charge in [-0.1, -0.05) is 42.5 Å². The summed E-state index contributed by atoms with van der Waals surface area (Å²) >= 11 is 1.36. The fourth-order valence-corrected chi connectivity index (χ4v) is 4.50. The molecule has 0 saturated carbocycles. The second-order valence-electron chi connectivity index (χ2n) is 7.36. The van der Waals surface area contributed by atoms with Crippen LogP contribution in [0, 0.1) is 11.3 Å². The summed E-state index contributed by atoms with van der Waals surface area (Å²) < 4.78 is 11.4. The number of nitrogens with zero attached hydrogens (tertiary/aromatic N) is 3. The number of amidine groups is 1. The van der Waals surface area contributed by atoms with Gasteiger partial charge in [-0.05, 0) is 60.7 Å². The number of carbonyl (C=O) groups excluding carboxylic acids is 1. The predicted octanol–water partition coefficient (Wildman–Crippen LogP) is 5.77. The molecular formula is C27H23N3O3S. The molecule has 1 aliphatic heterocycles. The van der Waals surface area contributed by atoms with Crippen molar-refractivity contribution in [1.29, 1.82) is 5.26 Å². The molecule has 0 radical (unpaired) electrons. The molecule has 1 fully saturated rings. The van der Waals surface area contributed by atoms with Gasteiger partial charge in [0.25, 0.3) is 5.91 Å². The van der Waals surface area contributed by atoms with Crippen molar-refractivity contribution in [3.05, 3.63) is 94.4 Å². The number of aliphatic imine (C=N–C) groups is 1. The number of methoxy groups -OCH3 is 1. The van der Waals surface area contributed by atoms with Crippen LogP contribution in [0.3, 0.4) is 0 Å². The zero-order valence-corrected chi connectivity index (χ0v) is 19.7. The van der Waals surface area contributed by atoms with Crippen LogP contribution in [-0.2, 0) is 11.4 Å². The molecule has 0 N–H and O–H groups in total. The molecule has 34 heavy (non-hydrogen) atoms. The van der Waals surface area contributed by atoms with Gasteiger partial charge in [-0.15, -0.1) is 0 Å². The second kappa shape index (κ2) is 10.7. The lowest BCUT2D eigenvalue weighted by molar-refractivity contribution is -0.122. The quantitative estimate of drug-likeness (QED) is 0.411. The molecule has 1 amide bonds. The van der Waals surface area contributed by atoms with Crippen molar-refractivity contribution in [1.82, 2.24) is 4.90 Å². The van der Waals surface area contributed by atoms with Crippen LogP contribution in [0.5, 0.6) is 11.5 Å². The Morgan fingerprint density at radius 2 is 1.82 bits per heavy atom. The first-order valence-corrected chi connectivity index (χ1v) is 11.6. The highest BCUT2D eigenvalue weighted by Crippen LogP contribution is 2.36. The fraction of sp³-hybridized carbons (Fsp3) is 0.148. The number of amides is 1. The van der Waals surface area contributed by atoms with Gasteiger partial charge in [0.15, 0.2) is 16.7 Å². The van der Waals surface area contributed by atoms with Crippen LogP contribution in [0.1, 0.15) is 23.6 Å². The highest BCUT2D eigenvalue weighted by molar-refractivity contribution is 8.18. The van der Waals surface area contributed by atoms with Gasteiger partial charge in [-0.25, -0.2) is 4.99 Å². The van der Waals surface area contributed by atoms with Gasteiger partial charge >= 0.3 is 0 Å². The number of ether oxygens (including phenoxy) is 2. The maximum atomic E-state index is 13.0. The van der Waals surface area contributed by atoms with E-state index < -0.39 is 0 Å². The summed E-state index contributed by atoms with van der Waals surface area (Å²) in [4.78, 5) is 19.9. The van der Waals surface area contributed by atoms with Crippen LogP contribution in [0.4, 0.5) is 5.69 Å². The topological polar surface area (TPSA) is 74.9 Å². The number of hydrogen-bond donors (Lipinski definition) is 0. The number of benzene rings is 3. The van der Waals surface area contributed by atoms with Crippen LogP contribution in [-0.4, -0.2) is 29.6 Å². The van der Waals surface area contributed by atoms with Crippen LogP contribution in [0.2, 0.25) is 0 Å². The molecule has 1 heterocycles. The third-order valence-corrected chi connectivity index (χ3v) is 6.20. The number of rotatable bonds is 7. The van der Waals surface area contributed by atoms with E-state index in [1.54, 1.807) is 24.1 Å². The molecule has 6 nitrogen and oxygen atoms in total. The zero-order chi connectivity index (χ0) is 23.9. The van der Waals surface area contributed by atoms with Crippen molar-refractivity contribution >= 4 is 34.6 Å². The molecule has 0 aromatic heterocycles. The highest BCUT2D eigenvalue weighted by Gasteiger charge is 2.32. The van der Waals surface area contributed by atoms with Crippen molar-refractivity contribution in [3.8, 4) is 17.6 Å². The fourth-order valence-electron chi connectivity index (χ4n) is 3.44. The van der Waals surface area contributed by atoms with Crippen molar-refractivity contribution in [2.45, 2.75) is 13.5 Å². The Morgan fingerprint density at radius 1 is 1.06 bits per heavy atom. The van der Waals surface area contributed by atoms with Crippen LogP contribution in [0.15, 0.2) is 82.7 Å². The van der Waals surface area contributed by atoms with E-state index in [9.17, 15) is 10.1 Å². The van der Waals surface area contributed by atoms with Gasteiger partial charge in [0.1, 0.15) is 6.61 Å². The van der Waals surface area contributed by atoms with Gasteiger partial charge in [0.05, 0.1) is 29.3 Å². The van der Waals surface area contributed by atoms with Gasteiger partial charge in [-0.2, -0.15) is 5.26 Å². The van der Waals surface area contributed by atoms with E-state index in [0.29, 0.717) is 33.7 Å². The largest absolute Gasteiger partial charge is 0.493 e. The molecule has 1 aliphatic rings. The van der Waals surface area contributed by atoms with E-state index in [1.807, 2.05) is 73.7 Å². The van der Waals surface area contributed by atoms with E-state index in [1.165, 1.54) is 11.8 Å². The van der Waals surface area contributed by atoms with E-state index in [4.69, 9.17) is 9.47 Å². The van der Waals surface area contributed by atoms with Gasteiger partial charge in [0, 0.05) is 12.1 Å². The number of para-hydroxylation sites is 1. The van der Waals surface area contributed by atoms with Crippen LogP contribution in [0.25, 0.3) is 6.08 Å². The maximum absolute atomic E-state index is 13.0. The Balaban J connectivity index is 1.55. The number of hydrogen-bond acceptors (Lipinski definition) is 6. The maximum Gasteiger partial charge on any atom is 0.266 e. The monoisotopic (exact) mass is 469 g/mol. The summed E-state index contributed by atoms with van der Waals surface area (Å²) in [5.74, 6) is 1.03. The summed E-state index contributed by atoms with van der Waals surface area (Å²) in [6.07, 6.45) is 1.83. The summed E-state index contributed by atoms with van der Waals surface area (Å²) in [5, 5.41) is 9.93. The van der Waals surface area contributed by atoms with Crippen LogP contribution < -0.4 is 9.47 Å². The summed E-state index contributed by atoms with van der Waals surface area (Å²) in [5.41, 5.74) is 3.00. The average molecular weight is 470 g/mol. The molecule has 7 heteroatoms. The van der Waals surface area contributed by atoms with E-state index in [2.05, 4.69) is 11.1 Å². The first-order valence-electron chi connectivity index (χ1n) is 10.8. The van der Waals surface area contributed by atoms with Gasteiger partial charge in [0.2, 0.25) is 0 Å². The summed E-state index contributed by atoms with van der Waals surface area (Å²) in [7, 11) is 1.57. The second-order valence-corrected chi connectivity index (χ2v) is 8.37. The lowest BCUT2D eigenvalue weighted by Gasteiger charge is -2.12. The molecule has 0 bridgehead atoms. The molecular weight excluding hydrogens is 446 g/mol. The van der Waals surface area contributed by atoms with E-state index >= 15 is 0 Å². The molecule has 0 spiro atoms. The van der Waals surface area contributed by atoms with Crippen molar-refractivity contribution in [2.75, 3.05) is 13.7 Å². The average Bonchev–Trinajstić information content (AvgIpc) is 3.17. The van der Waals surface area contributed by atoms with Crippen molar-refractivity contribution in [3.63, 3.8) is 0 Å². The van der Waals surface area contributed by atoms with Crippen LogP contribution >= 0.6 is 11.8 Å². The SMILES string of the molecule is CCN1C(=O)/C(=C\c2ccc(OCc3ccccc3C#N)c(OC)c2)SC1=Nc1ccccc1. The number of likely N-dealkylation sites (N-methyl/N-ethyl adjacent to an activating group) is 1. The minimum absolute atomic E-state index is 0.0745. The zero-order valence-electron chi connectivity index (χ0n) is 18.9. The third kappa shape index (κ3) is 5.13. The van der Waals surface area contributed by atoms with E-state index in [0.717, 1.165) is 16.8 Å². The molecule has 4 rings (SSSR count). The lowest BCUT2D eigenvalue weighted by Crippen LogP contribution is -2.28. The summed E-state index contributed by atoms with van der Waals surface area (Å²) in [6.45, 7) is 2.72. The van der Waals surface area contributed by atoms with Crippen molar-refractivity contribution in [2.24, 2.45) is 4.99 Å². The number of thioether (sulfide) groups is 1. The predicted molar refractivity (Wildman–Crippen MR) is 135 cm³/mol. The number of carbonyl (C=O) groups is 1. The summed E-state index contributed by atoms with van der Waals surface area (Å²) in [6, 6.07) is 24.6. The molecule has 0 atom stereocenters. The third-order valence-electron chi connectivity index (χ3n) is 5.19. The highest BCUT2D eigenvalue weighted by atomic mass is 32.2. The lowest BCUT2D eigenvalue weighted by atomic mass is 10.1. The molecule has 170 valence electrons. The molecule has 0 unspecified atom stereocenters. The normalized spacial score (nSPS) is 15.6. The Bertz CT molecular complexity index is 1300. The van der Waals surface area contributed by atoms with Gasteiger partial charge in [-0.3, -0.25) is 9.69 Å². The van der Waals surface area contributed by atoms with Crippen molar-refractivity contribution < 1.29 is 14.3 Å². The Morgan fingerprint density at radius 3 is 2.56 bits per heavy atom. The molecule has 0 aliphatic carbocycles. The van der Waals surface area contributed by atoms with Gasteiger partial charge < -0.3 is 9.47 Å². The minimum Gasteiger partial charge on any atom is -0.493 e. The molecule has 3 aromatic carbocycles. The Labute approximate surface area is 203 Å². The smallest absolute Gasteiger partial charge is 0.266 e. The van der Waals surface area contributed by atoms with E-state index in [-0.39, 0.29) is 12.5 Å². The Kier molecular flexibility index (Phi) is 7.31. The number of nitriles is 1. The standard InChI is InChI=1S/C27H23N3O3S/c1-3-30-26(31)25(34-27(30)29-22-11-5-4-6-12-22)16-19-13-14-23(24(15-19)32-2)33-18-21-10-8-7-9-20(21)17-28/h4-16H,3,18H2,1-2H3/b25-16+,29-27?. The minimum atomic E-state index is -0.0745. The molecule has 1 saturated heterocycles. The first-order chi connectivity index (χ1) is 16.6. The molecule has 3 aromatic rings.